The lowest BCUT2D eigenvalue weighted by Gasteiger charge is -2.37. The molecule has 0 radical (unpaired) electrons. The van der Waals surface area contributed by atoms with Crippen LogP contribution < -0.4 is 9.64 Å². The van der Waals surface area contributed by atoms with Crippen LogP contribution in [0.4, 0.5) is 11.4 Å². The van der Waals surface area contributed by atoms with Crippen molar-refractivity contribution >= 4 is 39.9 Å². The van der Waals surface area contributed by atoms with Gasteiger partial charge in [0.05, 0.1) is 38.6 Å². The number of para-hydroxylation sites is 1. The number of carbonyl (C=O) groups is 1. The summed E-state index contributed by atoms with van der Waals surface area (Å²) < 4.78 is 19.7. The fourth-order valence-electron chi connectivity index (χ4n) is 4.64. The predicted octanol–water partition coefficient (Wildman–Crippen LogP) is 7.40. The molecule has 0 saturated carbocycles. The number of carboxylic acid groups (broad SMARTS) is 1. The van der Waals surface area contributed by atoms with Gasteiger partial charge in [-0.05, 0) is 36.8 Å². The highest BCUT2D eigenvalue weighted by Gasteiger charge is 2.39. The largest absolute Gasteiger partial charge is 0.478 e. The number of thioether (sulfide) groups is 1. The number of anilines is 2. The van der Waals surface area contributed by atoms with Crippen LogP contribution in [0.25, 0.3) is 0 Å². The van der Waals surface area contributed by atoms with Crippen LogP contribution in [-0.2, 0) is 15.6 Å². The van der Waals surface area contributed by atoms with Crippen LogP contribution in [0.2, 0.25) is 0 Å². The van der Waals surface area contributed by atoms with Crippen molar-refractivity contribution < 1.29 is 18.8 Å². The molecule has 35 heavy (non-hydrogen) atoms. The molecule has 1 heterocycles. The highest BCUT2D eigenvalue weighted by molar-refractivity contribution is 7.99. The molecule has 1 unspecified atom stereocenters. The van der Waals surface area contributed by atoms with Crippen LogP contribution in [0.1, 0.15) is 59.3 Å². The zero-order chi connectivity index (χ0) is 25.3. The summed E-state index contributed by atoms with van der Waals surface area (Å²) in [5.41, 5.74) is 2.00. The van der Waals surface area contributed by atoms with E-state index in [9.17, 15) is 9.00 Å². The first-order valence-electron chi connectivity index (χ1n) is 12.5. The van der Waals surface area contributed by atoms with Crippen LogP contribution in [0, 0.1) is 5.41 Å². The van der Waals surface area contributed by atoms with E-state index in [0.29, 0.717) is 11.5 Å². The van der Waals surface area contributed by atoms with Crippen molar-refractivity contribution in [3.63, 3.8) is 0 Å². The Labute approximate surface area is 216 Å². The fraction of sp³-hybridized carbons (Fsp3) is 0.464. The number of ether oxygens (including phenoxy) is 1. The smallest absolute Gasteiger partial charge is 0.331 e. The molecule has 2 aromatic rings. The molecular weight excluding hydrogens is 478 g/mol. The minimum absolute atomic E-state index is 0.0476. The molecule has 1 atom stereocenters. The van der Waals surface area contributed by atoms with Crippen molar-refractivity contribution in [1.29, 1.82) is 0 Å². The Morgan fingerprint density at radius 3 is 2.43 bits per heavy atom. The molecule has 5 nitrogen and oxygen atoms in total. The number of hydrogen-bond donors (Lipinski definition) is 1. The predicted molar refractivity (Wildman–Crippen MR) is 146 cm³/mol. The van der Waals surface area contributed by atoms with E-state index in [1.54, 1.807) is 11.8 Å². The molecular formula is C28H37NO4S2. The highest BCUT2D eigenvalue weighted by atomic mass is 32.2. The summed E-state index contributed by atoms with van der Waals surface area (Å²) >= 11 is 1.63. The molecule has 0 saturated heterocycles. The third-order valence-corrected chi connectivity index (χ3v) is 9.00. The Morgan fingerprint density at radius 2 is 1.83 bits per heavy atom. The molecule has 1 N–H and O–H groups in total. The fourth-order valence-corrected chi connectivity index (χ4v) is 7.13. The normalized spacial score (nSPS) is 17.2. The van der Waals surface area contributed by atoms with Gasteiger partial charge in [-0.2, -0.15) is 0 Å². The molecule has 0 fully saturated rings. The summed E-state index contributed by atoms with van der Waals surface area (Å²) in [6.45, 7) is 7.33. The Hall–Kier alpha value is -2.25. The van der Waals surface area contributed by atoms with Crippen LogP contribution in [0.5, 0.6) is 5.75 Å². The summed E-state index contributed by atoms with van der Waals surface area (Å²) in [4.78, 5) is 15.0. The highest BCUT2D eigenvalue weighted by Crippen LogP contribution is 2.47. The van der Waals surface area contributed by atoms with Crippen molar-refractivity contribution in [2.75, 3.05) is 23.0 Å². The van der Waals surface area contributed by atoms with Gasteiger partial charge in [-0.3, -0.25) is 4.21 Å². The van der Waals surface area contributed by atoms with E-state index in [2.05, 4.69) is 43.9 Å². The number of hydrogen-bond acceptors (Lipinski definition) is 5. The number of carboxylic acids is 1. The molecule has 0 aliphatic carbocycles. The summed E-state index contributed by atoms with van der Waals surface area (Å²) in [5.74, 6) is 0.931. The van der Waals surface area contributed by atoms with Crippen molar-refractivity contribution in [3.05, 3.63) is 54.8 Å². The molecule has 3 rings (SSSR count). The van der Waals surface area contributed by atoms with E-state index in [1.807, 2.05) is 24.3 Å². The number of fused-ring (bicyclic) bond motifs is 1. The first kappa shape index (κ1) is 27.3. The van der Waals surface area contributed by atoms with Gasteiger partial charge in [0.15, 0.2) is 0 Å². The quantitative estimate of drug-likeness (QED) is 0.180. The Kier molecular flexibility index (Phi) is 10.3. The lowest BCUT2D eigenvalue weighted by molar-refractivity contribution is -0.131. The van der Waals surface area contributed by atoms with Gasteiger partial charge in [-0.15, -0.1) is 11.8 Å². The molecule has 1 aliphatic heterocycles. The Balaban J connectivity index is 2.16. The van der Waals surface area contributed by atoms with Gasteiger partial charge in [0.2, 0.25) is 0 Å². The van der Waals surface area contributed by atoms with Crippen molar-refractivity contribution in [2.24, 2.45) is 5.41 Å². The molecule has 1 aliphatic rings. The summed E-state index contributed by atoms with van der Waals surface area (Å²) in [6, 6.07) is 14.3. The standard InChI is InChI=1S/C28H37NO4S2/c1-4-7-15-28(16-8-5-2)20-29(22-12-10-9-11-13-22)23-18-25(34-6-3)24(33-17-14-27(30)31)19-26(23)35(32)21-28/h9-14,17-19H,4-8,15-16,20-21H2,1-3H3,(H,30,31)/b17-14+. The maximum atomic E-state index is 13.9. The average molecular weight is 516 g/mol. The van der Waals surface area contributed by atoms with Crippen LogP contribution in [0.15, 0.2) is 64.6 Å². The minimum atomic E-state index is -1.21. The van der Waals surface area contributed by atoms with Crippen LogP contribution in [-0.4, -0.2) is 33.3 Å². The van der Waals surface area contributed by atoms with Crippen molar-refractivity contribution in [2.45, 2.75) is 69.1 Å². The van der Waals surface area contributed by atoms with E-state index < -0.39 is 16.8 Å². The first-order valence-corrected chi connectivity index (χ1v) is 14.8. The number of nitrogens with zero attached hydrogens (tertiary/aromatic N) is 1. The number of aliphatic carboxylic acids is 1. The third kappa shape index (κ3) is 7.14. The van der Waals surface area contributed by atoms with Gasteiger partial charge in [-0.25, -0.2) is 4.79 Å². The van der Waals surface area contributed by atoms with E-state index >= 15 is 0 Å². The van der Waals surface area contributed by atoms with Gasteiger partial charge >= 0.3 is 5.97 Å². The van der Waals surface area contributed by atoms with E-state index in [0.717, 1.165) is 78.1 Å². The lowest BCUT2D eigenvalue weighted by atomic mass is 9.79. The summed E-state index contributed by atoms with van der Waals surface area (Å²) in [6.07, 6.45) is 8.72. The first-order chi connectivity index (χ1) is 16.9. The van der Waals surface area contributed by atoms with Gasteiger partial charge in [-0.1, -0.05) is 64.7 Å². The summed E-state index contributed by atoms with van der Waals surface area (Å²) in [5, 5.41) is 8.97. The second kappa shape index (κ2) is 13.2. The van der Waals surface area contributed by atoms with Crippen LogP contribution in [0.3, 0.4) is 0 Å². The maximum absolute atomic E-state index is 13.9. The van der Waals surface area contributed by atoms with Gasteiger partial charge in [0.1, 0.15) is 5.75 Å². The lowest BCUT2D eigenvalue weighted by Crippen LogP contribution is -2.37. The summed E-state index contributed by atoms with van der Waals surface area (Å²) in [7, 11) is -1.21. The van der Waals surface area contributed by atoms with E-state index in [4.69, 9.17) is 9.84 Å². The Morgan fingerprint density at radius 1 is 1.14 bits per heavy atom. The van der Waals surface area contributed by atoms with Crippen molar-refractivity contribution in [1.82, 2.24) is 0 Å². The molecule has 0 aromatic heterocycles. The van der Waals surface area contributed by atoms with E-state index in [-0.39, 0.29) is 5.41 Å². The molecule has 7 heteroatoms. The number of benzene rings is 2. The molecule has 0 bridgehead atoms. The zero-order valence-electron chi connectivity index (χ0n) is 21.0. The zero-order valence-corrected chi connectivity index (χ0v) is 22.6. The second-order valence-electron chi connectivity index (χ2n) is 9.08. The minimum Gasteiger partial charge on any atom is -0.478 e. The SMILES string of the molecule is CCCCC1(CCCC)CN(c2ccccc2)c2cc(SCC)c(O/C=C/C(=O)O)cc2S(=O)C1. The third-order valence-electron chi connectivity index (χ3n) is 6.39. The monoisotopic (exact) mass is 515 g/mol. The second-order valence-corrected chi connectivity index (χ2v) is 11.8. The van der Waals surface area contributed by atoms with Crippen molar-refractivity contribution in [3.8, 4) is 5.75 Å². The number of rotatable bonds is 12. The van der Waals surface area contributed by atoms with Gasteiger partial charge in [0.25, 0.3) is 0 Å². The van der Waals surface area contributed by atoms with Crippen LogP contribution >= 0.6 is 11.8 Å². The molecule has 190 valence electrons. The molecule has 2 aromatic carbocycles. The molecule has 0 spiro atoms. The average Bonchev–Trinajstić information content (AvgIpc) is 2.97. The Bertz CT molecular complexity index is 1030. The van der Waals surface area contributed by atoms with Gasteiger partial charge in [0, 0.05) is 29.5 Å². The topological polar surface area (TPSA) is 66.8 Å². The van der Waals surface area contributed by atoms with Gasteiger partial charge < -0.3 is 14.7 Å². The van der Waals surface area contributed by atoms with E-state index in [1.165, 1.54) is 6.26 Å². The molecule has 0 amide bonds. The maximum Gasteiger partial charge on any atom is 0.331 e. The number of unbranched alkanes of at least 4 members (excludes halogenated alkanes) is 2.